The molecule has 1 aromatic carbocycles. The first kappa shape index (κ1) is 16.4. The fraction of sp³-hybridized carbons (Fsp3) is 0.312. The summed E-state index contributed by atoms with van der Waals surface area (Å²) in [5.41, 5.74) is 1.59. The largest absolute Gasteiger partial charge is 0.313 e. The summed E-state index contributed by atoms with van der Waals surface area (Å²) in [5, 5.41) is 3.82. The molecule has 2 heterocycles. The molecule has 1 aliphatic rings. The summed E-state index contributed by atoms with van der Waals surface area (Å²) in [5.74, 6) is 0. The highest BCUT2D eigenvalue weighted by molar-refractivity contribution is 7.89. The summed E-state index contributed by atoms with van der Waals surface area (Å²) < 4.78 is 27.5. The van der Waals surface area contributed by atoms with E-state index in [0.29, 0.717) is 24.7 Å². The Kier molecular flexibility index (Phi) is 4.68. The lowest BCUT2D eigenvalue weighted by atomic mass is 10.1. The van der Waals surface area contributed by atoms with Gasteiger partial charge in [-0.2, -0.15) is 4.31 Å². The van der Waals surface area contributed by atoms with Crippen LogP contribution in [0.2, 0.25) is 5.02 Å². The topological polar surface area (TPSA) is 62.3 Å². The van der Waals surface area contributed by atoms with Crippen LogP contribution in [-0.2, 0) is 10.0 Å². The lowest BCUT2D eigenvalue weighted by Crippen LogP contribution is -2.48. The number of aryl methyl sites for hydroxylation is 1. The van der Waals surface area contributed by atoms with Gasteiger partial charge in [0, 0.05) is 36.5 Å². The fourth-order valence-electron chi connectivity index (χ4n) is 2.73. The molecule has 1 unspecified atom stereocenters. The highest BCUT2D eigenvalue weighted by atomic mass is 35.5. The molecule has 0 radical (unpaired) electrons. The quantitative estimate of drug-likeness (QED) is 0.922. The summed E-state index contributed by atoms with van der Waals surface area (Å²) in [4.78, 5) is 4.32. The van der Waals surface area contributed by atoms with Crippen LogP contribution >= 0.6 is 11.6 Å². The maximum absolute atomic E-state index is 13.0. The van der Waals surface area contributed by atoms with E-state index < -0.39 is 10.0 Å². The Bertz CT molecular complexity index is 793. The second kappa shape index (κ2) is 6.57. The average molecular weight is 352 g/mol. The van der Waals surface area contributed by atoms with Gasteiger partial charge in [0.2, 0.25) is 10.0 Å². The minimum absolute atomic E-state index is 0.210. The normalized spacial score (nSPS) is 19.7. The third-order valence-corrected chi connectivity index (χ3v) is 6.19. The molecule has 0 bridgehead atoms. The molecule has 122 valence electrons. The van der Waals surface area contributed by atoms with Gasteiger partial charge in [0.25, 0.3) is 0 Å². The first-order chi connectivity index (χ1) is 11.0. The van der Waals surface area contributed by atoms with Crippen molar-refractivity contribution in [3.05, 3.63) is 58.9 Å². The van der Waals surface area contributed by atoms with E-state index in [-0.39, 0.29) is 10.9 Å². The SMILES string of the molecule is Cc1ccc(S(=O)(=O)N2CCNCC2c2ccccc2Cl)cn1. The van der Waals surface area contributed by atoms with Crippen molar-refractivity contribution < 1.29 is 8.42 Å². The number of nitrogens with one attached hydrogen (secondary N) is 1. The van der Waals surface area contributed by atoms with Crippen LogP contribution < -0.4 is 5.32 Å². The molecule has 1 N–H and O–H groups in total. The maximum atomic E-state index is 13.0. The fourth-order valence-corrected chi connectivity index (χ4v) is 4.54. The number of piperazine rings is 1. The van der Waals surface area contributed by atoms with Crippen molar-refractivity contribution in [2.24, 2.45) is 0 Å². The van der Waals surface area contributed by atoms with Gasteiger partial charge >= 0.3 is 0 Å². The van der Waals surface area contributed by atoms with Gasteiger partial charge in [-0.15, -0.1) is 0 Å². The highest BCUT2D eigenvalue weighted by Gasteiger charge is 2.35. The number of aromatic nitrogens is 1. The van der Waals surface area contributed by atoms with Gasteiger partial charge in [0.1, 0.15) is 4.90 Å². The van der Waals surface area contributed by atoms with Crippen molar-refractivity contribution in [3.8, 4) is 0 Å². The maximum Gasteiger partial charge on any atom is 0.245 e. The van der Waals surface area contributed by atoms with Crippen LogP contribution in [0.1, 0.15) is 17.3 Å². The second-order valence-electron chi connectivity index (χ2n) is 5.49. The van der Waals surface area contributed by atoms with Gasteiger partial charge in [0.15, 0.2) is 0 Å². The first-order valence-corrected chi connectivity index (χ1v) is 9.21. The van der Waals surface area contributed by atoms with Gasteiger partial charge in [0.05, 0.1) is 6.04 Å². The van der Waals surface area contributed by atoms with E-state index in [1.165, 1.54) is 10.5 Å². The van der Waals surface area contributed by atoms with Gasteiger partial charge in [-0.05, 0) is 30.7 Å². The molecule has 3 rings (SSSR count). The number of sulfonamides is 1. The summed E-state index contributed by atoms with van der Waals surface area (Å²) >= 11 is 6.28. The molecule has 5 nitrogen and oxygen atoms in total. The number of nitrogens with zero attached hydrogens (tertiary/aromatic N) is 2. The number of hydrogen-bond acceptors (Lipinski definition) is 4. The Hall–Kier alpha value is -1.47. The molecule has 0 amide bonds. The molecule has 7 heteroatoms. The van der Waals surface area contributed by atoms with Crippen molar-refractivity contribution in [2.75, 3.05) is 19.6 Å². The Labute approximate surface area is 141 Å². The molecule has 1 aromatic heterocycles. The van der Waals surface area contributed by atoms with Crippen molar-refractivity contribution in [2.45, 2.75) is 17.9 Å². The number of pyridine rings is 1. The minimum atomic E-state index is -3.62. The summed E-state index contributed by atoms with van der Waals surface area (Å²) in [6.45, 7) is 3.36. The van der Waals surface area contributed by atoms with Crippen molar-refractivity contribution in [3.63, 3.8) is 0 Å². The molecule has 1 saturated heterocycles. The van der Waals surface area contributed by atoms with Crippen LogP contribution in [0.4, 0.5) is 0 Å². The molecule has 0 saturated carbocycles. The predicted octanol–water partition coefficient (Wildman–Crippen LogP) is 2.38. The Morgan fingerprint density at radius 2 is 2.04 bits per heavy atom. The van der Waals surface area contributed by atoms with E-state index in [0.717, 1.165) is 11.3 Å². The van der Waals surface area contributed by atoms with E-state index in [1.807, 2.05) is 25.1 Å². The van der Waals surface area contributed by atoms with Gasteiger partial charge < -0.3 is 5.32 Å². The zero-order chi connectivity index (χ0) is 16.4. The Morgan fingerprint density at radius 1 is 1.26 bits per heavy atom. The highest BCUT2D eigenvalue weighted by Crippen LogP contribution is 2.32. The van der Waals surface area contributed by atoms with Crippen LogP contribution in [0.5, 0.6) is 0 Å². The van der Waals surface area contributed by atoms with Crippen LogP contribution in [0.3, 0.4) is 0 Å². The first-order valence-electron chi connectivity index (χ1n) is 7.40. The smallest absolute Gasteiger partial charge is 0.245 e. The number of hydrogen-bond donors (Lipinski definition) is 1. The van der Waals surface area contributed by atoms with E-state index in [4.69, 9.17) is 11.6 Å². The number of rotatable bonds is 3. The lowest BCUT2D eigenvalue weighted by Gasteiger charge is -2.35. The average Bonchev–Trinajstić information content (AvgIpc) is 2.56. The lowest BCUT2D eigenvalue weighted by molar-refractivity contribution is 0.271. The summed E-state index contributed by atoms with van der Waals surface area (Å²) in [6.07, 6.45) is 1.41. The Morgan fingerprint density at radius 3 is 2.74 bits per heavy atom. The minimum Gasteiger partial charge on any atom is -0.313 e. The third kappa shape index (κ3) is 3.26. The van der Waals surface area contributed by atoms with Crippen molar-refractivity contribution in [1.82, 2.24) is 14.6 Å². The van der Waals surface area contributed by atoms with Gasteiger partial charge in [-0.25, -0.2) is 8.42 Å². The van der Waals surface area contributed by atoms with E-state index in [1.54, 1.807) is 18.2 Å². The molecule has 1 atom stereocenters. The second-order valence-corrected chi connectivity index (χ2v) is 7.79. The monoisotopic (exact) mass is 351 g/mol. The molecule has 0 spiro atoms. The molecule has 1 fully saturated rings. The van der Waals surface area contributed by atoms with E-state index >= 15 is 0 Å². The van der Waals surface area contributed by atoms with Crippen molar-refractivity contribution in [1.29, 1.82) is 0 Å². The van der Waals surface area contributed by atoms with Crippen LogP contribution in [0.15, 0.2) is 47.5 Å². The molecule has 1 aliphatic heterocycles. The molecule has 2 aromatic rings. The van der Waals surface area contributed by atoms with Crippen LogP contribution in [0, 0.1) is 6.92 Å². The molecular formula is C16H18ClN3O2S. The Balaban J connectivity index is 2.01. The molecule has 23 heavy (non-hydrogen) atoms. The molecular weight excluding hydrogens is 334 g/mol. The zero-order valence-electron chi connectivity index (χ0n) is 12.7. The van der Waals surface area contributed by atoms with Crippen molar-refractivity contribution >= 4 is 21.6 Å². The predicted molar refractivity (Wildman–Crippen MR) is 89.9 cm³/mol. The van der Waals surface area contributed by atoms with Gasteiger partial charge in [-0.1, -0.05) is 29.8 Å². The number of benzene rings is 1. The third-order valence-electron chi connectivity index (χ3n) is 3.95. The van der Waals surface area contributed by atoms with Crippen LogP contribution in [0.25, 0.3) is 0 Å². The van der Waals surface area contributed by atoms with Crippen LogP contribution in [-0.4, -0.2) is 37.3 Å². The standard InChI is InChI=1S/C16H18ClN3O2S/c1-12-6-7-13(10-19-12)23(21,22)20-9-8-18-11-16(20)14-4-2-3-5-15(14)17/h2-7,10,16,18H,8-9,11H2,1H3. The summed E-state index contributed by atoms with van der Waals surface area (Å²) in [7, 11) is -3.62. The number of halogens is 1. The summed E-state index contributed by atoms with van der Waals surface area (Å²) in [6, 6.07) is 10.3. The van der Waals surface area contributed by atoms with E-state index in [9.17, 15) is 8.42 Å². The van der Waals surface area contributed by atoms with E-state index in [2.05, 4.69) is 10.3 Å². The molecule has 0 aliphatic carbocycles. The zero-order valence-corrected chi connectivity index (χ0v) is 14.3. The van der Waals surface area contributed by atoms with Gasteiger partial charge in [-0.3, -0.25) is 4.98 Å².